The Bertz CT molecular complexity index is 987. The molecule has 28 heavy (non-hydrogen) atoms. The minimum Gasteiger partial charge on any atom is -0.489 e. The monoisotopic (exact) mass is 378 g/mol. The van der Waals surface area contributed by atoms with Crippen LogP contribution >= 0.6 is 0 Å². The van der Waals surface area contributed by atoms with Crippen LogP contribution in [0.5, 0.6) is 5.75 Å². The molecule has 4 rings (SSSR count). The quantitative estimate of drug-likeness (QED) is 0.672. The molecule has 0 saturated carbocycles. The normalized spacial score (nSPS) is 16.4. The molecule has 1 aliphatic heterocycles. The Hall–Kier alpha value is -2.79. The van der Waals surface area contributed by atoms with E-state index in [1.54, 1.807) is 0 Å². The van der Waals surface area contributed by atoms with Crippen LogP contribution in [0.25, 0.3) is 10.9 Å². The molecular formula is C23H26N2O3. The van der Waals surface area contributed by atoms with Crippen molar-refractivity contribution in [2.75, 3.05) is 18.5 Å². The predicted octanol–water partition coefficient (Wildman–Crippen LogP) is 4.78. The third-order valence-electron chi connectivity index (χ3n) is 5.19. The number of benzene rings is 2. The average molecular weight is 378 g/mol. The van der Waals surface area contributed by atoms with Crippen molar-refractivity contribution in [1.82, 2.24) is 4.57 Å². The second kappa shape index (κ2) is 8.07. The number of hydrogen-bond acceptors (Lipinski definition) is 3. The maximum Gasteiger partial charge on any atom is 0.272 e. The highest BCUT2D eigenvalue weighted by Gasteiger charge is 2.19. The molecule has 1 atom stereocenters. The zero-order valence-corrected chi connectivity index (χ0v) is 16.4. The lowest BCUT2D eigenvalue weighted by molar-refractivity contribution is 0.0681. The summed E-state index contributed by atoms with van der Waals surface area (Å²) in [5.41, 5.74) is 3.48. The number of amides is 1. The molecule has 3 aromatic rings. The number of anilines is 1. The number of fused-ring (bicyclic) bond motifs is 1. The van der Waals surface area contributed by atoms with Gasteiger partial charge >= 0.3 is 0 Å². The number of nitrogens with one attached hydrogen (secondary N) is 1. The molecule has 1 unspecified atom stereocenters. The fourth-order valence-electron chi connectivity index (χ4n) is 3.74. The molecule has 0 spiro atoms. The van der Waals surface area contributed by atoms with E-state index in [1.165, 1.54) is 0 Å². The summed E-state index contributed by atoms with van der Waals surface area (Å²) in [6.45, 7) is 6.09. The van der Waals surface area contributed by atoms with E-state index in [2.05, 4.69) is 5.32 Å². The third-order valence-corrected chi connectivity index (χ3v) is 5.19. The van der Waals surface area contributed by atoms with Crippen LogP contribution in [-0.4, -0.2) is 29.8 Å². The summed E-state index contributed by atoms with van der Waals surface area (Å²) in [6, 6.07) is 15.8. The van der Waals surface area contributed by atoms with Crippen LogP contribution in [0.15, 0.2) is 48.5 Å². The van der Waals surface area contributed by atoms with Crippen molar-refractivity contribution in [1.29, 1.82) is 0 Å². The number of para-hydroxylation sites is 1. The summed E-state index contributed by atoms with van der Waals surface area (Å²) in [4.78, 5) is 13.0. The van der Waals surface area contributed by atoms with Gasteiger partial charge in [0.25, 0.3) is 5.91 Å². The van der Waals surface area contributed by atoms with Gasteiger partial charge in [-0.3, -0.25) is 4.79 Å². The van der Waals surface area contributed by atoms with Crippen LogP contribution < -0.4 is 10.1 Å². The van der Waals surface area contributed by atoms with Crippen molar-refractivity contribution < 1.29 is 14.3 Å². The fraction of sp³-hybridized carbons (Fsp3) is 0.348. The number of aryl methyl sites for hydroxylation is 2. The first-order chi connectivity index (χ1) is 13.7. The van der Waals surface area contributed by atoms with Gasteiger partial charge in [-0.15, -0.1) is 0 Å². The molecule has 1 saturated heterocycles. The number of carbonyl (C=O) groups is 1. The van der Waals surface area contributed by atoms with Crippen molar-refractivity contribution in [2.24, 2.45) is 0 Å². The maximum absolute atomic E-state index is 13.0. The predicted molar refractivity (Wildman–Crippen MR) is 111 cm³/mol. The van der Waals surface area contributed by atoms with E-state index < -0.39 is 0 Å². The van der Waals surface area contributed by atoms with E-state index in [9.17, 15) is 4.79 Å². The largest absolute Gasteiger partial charge is 0.489 e. The maximum atomic E-state index is 13.0. The van der Waals surface area contributed by atoms with E-state index in [0.717, 1.165) is 42.5 Å². The van der Waals surface area contributed by atoms with Crippen molar-refractivity contribution in [3.8, 4) is 5.75 Å². The summed E-state index contributed by atoms with van der Waals surface area (Å²) in [5, 5.41) is 4.10. The molecule has 146 valence electrons. The van der Waals surface area contributed by atoms with Gasteiger partial charge in [-0.1, -0.05) is 24.3 Å². The lowest BCUT2D eigenvalue weighted by Crippen LogP contribution is -2.19. The molecule has 1 aliphatic rings. The van der Waals surface area contributed by atoms with Crippen molar-refractivity contribution >= 4 is 22.5 Å². The molecule has 1 aromatic heterocycles. The lowest BCUT2D eigenvalue weighted by Gasteiger charge is -2.16. The van der Waals surface area contributed by atoms with Crippen LogP contribution in [-0.2, 0) is 11.3 Å². The minimum atomic E-state index is -0.135. The second-order valence-electron chi connectivity index (χ2n) is 7.23. The highest BCUT2D eigenvalue weighted by molar-refractivity contribution is 6.07. The Labute approximate surface area is 165 Å². The van der Waals surface area contributed by atoms with Gasteiger partial charge in [-0.05, 0) is 56.5 Å². The SMILES string of the molecule is CCn1c(C(=O)Nc2ccc(C)cc2OCC2CCCO2)cc2ccccc21. The van der Waals surface area contributed by atoms with E-state index in [0.29, 0.717) is 23.7 Å². The molecule has 0 bridgehead atoms. The first-order valence-electron chi connectivity index (χ1n) is 9.90. The van der Waals surface area contributed by atoms with Gasteiger partial charge in [0.2, 0.25) is 0 Å². The van der Waals surface area contributed by atoms with E-state index in [1.807, 2.05) is 66.9 Å². The Balaban J connectivity index is 1.57. The molecular weight excluding hydrogens is 352 g/mol. The number of ether oxygens (including phenoxy) is 2. The van der Waals surface area contributed by atoms with Crippen molar-refractivity contribution in [2.45, 2.75) is 39.3 Å². The summed E-state index contributed by atoms with van der Waals surface area (Å²) in [7, 11) is 0. The molecule has 5 heteroatoms. The summed E-state index contributed by atoms with van der Waals surface area (Å²) in [5.74, 6) is 0.548. The van der Waals surface area contributed by atoms with Gasteiger partial charge in [0, 0.05) is 24.1 Å². The van der Waals surface area contributed by atoms with Crippen molar-refractivity contribution in [3.05, 3.63) is 59.8 Å². The molecule has 1 N–H and O–H groups in total. The molecule has 1 amide bonds. The highest BCUT2D eigenvalue weighted by Crippen LogP contribution is 2.28. The fourth-order valence-corrected chi connectivity index (χ4v) is 3.74. The number of aromatic nitrogens is 1. The Morgan fingerprint density at radius 2 is 2.11 bits per heavy atom. The van der Waals surface area contributed by atoms with Crippen LogP contribution in [0.1, 0.15) is 35.8 Å². The number of hydrogen-bond donors (Lipinski definition) is 1. The number of rotatable bonds is 6. The molecule has 1 fully saturated rings. The summed E-state index contributed by atoms with van der Waals surface area (Å²) < 4.78 is 13.7. The minimum absolute atomic E-state index is 0.131. The topological polar surface area (TPSA) is 52.5 Å². The van der Waals surface area contributed by atoms with Crippen molar-refractivity contribution in [3.63, 3.8) is 0 Å². The standard InChI is InChI=1S/C23H26N2O3/c1-3-25-20-9-5-4-7-17(20)14-21(25)23(26)24-19-11-10-16(2)13-22(19)28-15-18-8-6-12-27-18/h4-5,7,9-11,13-14,18H,3,6,8,12,15H2,1-2H3,(H,24,26). The zero-order chi connectivity index (χ0) is 19.5. The third kappa shape index (κ3) is 3.76. The first kappa shape index (κ1) is 18.6. The van der Waals surface area contributed by atoms with Gasteiger partial charge in [0.15, 0.2) is 0 Å². The Kier molecular flexibility index (Phi) is 5.35. The van der Waals surface area contributed by atoms with Crippen LogP contribution in [0, 0.1) is 6.92 Å². The van der Waals surface area contributed by atoms with Gasteiger partial charge < -0.3 is 19.4 Å². The number of nitrogens with zero attached hydrogens (tertiary/aromatic N) is 1. The molecule has 0 aliphatic carbocycles. The van der Waals surface area contributed by atoms with E-state index >= 15 is 0 Å². The molecule has 5 nitrogen and oxygen atoms in total. The van der Waals surface area contributed by atoms with E-state index in [-0.39, 0.29) is 12.0 Å². The van der Waals surface area contributed by atoms with Gasteiger partial charge in [0.1, 0.15) is 18.1 Å². The Morgan fingerprint density at radius 3 is 2.89 bits per heavy atom. The Morgan fingerprint density at radius 1 is 1.25 bits per heavy atom. The van der Waals surface area contributed by atoms with Gasteiger partial charge in [0.05, 0.1) is 11.8 Å². The highest BCUT2D eigenvalue weighted by atomic mass is 16.5. The average Bonchev–Trinajstić information content (AvgIpc) is 3.35. The number of carbonyl (C=O) groups excluding carboxylic acids is 1. The molecule has 2 heterocycles. The van der Waals surface area contributed by atoms with Crippen LogP contribution in [0.4, 0.5) is 5.69 Å². The lowest BCUT2D eigenvalue weighted by atomic mass is 10.2. The summed E-state index contributed by atoms with van der Waals surface area (Å²) >= 11 is 0. The zero-order valence-electron chi connectivity index (χ0n) is 16.4. The molecule has 0 radical (unpaired) electrons. The second-order valence-corrected chi connectivity index (χ2v) is 7.23. The molecule has 2 aromatic carbocycles. The first-order valence-corrected chi connectivity index (χ1v) is 9.90. The van der Waals surface area contributed by atoms with Crippen LogP contribution in [0.2, 0.25) is 0 Å². The summed E-state index contributed by atoms with van der Waals surface area (Å²) in [6.07, 6.45) is 2.23. The smallest absolute Gasteiger partial charge is 0.272 e. The van der Waals surface area contributed by atoms with Crippen LogP contribution in [0.3, 0.4) is 0 Å². The van der Waals surface area contributed by atoms with Gasteiger partial charge in [-0.25, -0.2) is 0 Å². The van der Waals surface area contributed by atoms with Gasteiger partial charge in [-0.2, -0.15) is 0 Å². The van der Waals surface area contributed by atoms with E-state index in [4.69, 9.17) is 9.47 Å².